The predicted molar refractivity (Wildman–Crippen MR) is 90.8 cm³/mol. The van der Waals surface area contributed by atoms with Gasteiger partial charge in [0.05, 0.1) is 13.2 Å². The van der Waals surface area contributed by atoms with Crippen LogP contribution in [0.5, 0.6) is 0 Å². The average molecular weight is 409 g/mol. The van der Waals surface area contributed by atoms with Gasteiger partial charge < -0.3 is 19.5 Å². The Balaban J connectivity index is 0.00000220. The molecule has 1 aliphatic rings. The van der Waals surface area contributed by atoms with Gasteiger partial charge in [0.1, 0.15) is 0 Å². The molecule has 0 spiro atoms. The molecule has 8 heteroatoms. The van der Waals surface area contributed by atoms with Gasteiger partial charge in [-0.3, -0.25) is 4.99 Å². The van der Waals surface area contributed by atoms with Gasteiger partial charge in [-0.05, 0) is 18.8 Å². The van der Waals surface area contributed by atoms with Crippen LogP contribution in [0.3, 0.4) is 0 Å². The third kappa shape index (κ3) is 6.60. The van der Waals surface area contributed by atoms with Crippen LogP contribution in [0.4, 0.5) is 0 Å². The Bertz CT molecular complexity index is 448. The van der Waals surface area contributed by atoms with Crippen LogP contribution in [-0.2, 0) is 11.3 Å². The lowest BCUT2D eigenvalue weighted by atomic mass is 10.5. The number of nitrogens with zero attached hydrogens (tertiary/aromatic N) is 4. The summed E-state index contributed by atoms with van der Waals surface area (Å²) in [5, 5.41) is 7.03. The number of aromatic nitrogens is 2. The number of halogens is 1. The first kappa shape index (κ1) is 18.1. The number of hydrogen-bond acceptors (Lipinski definition) is 5. The highest BCUT2D eigenvalue weighted by molar-refractivity contribution is 14.0. The lowest BCUT2D eigenvalue weighted by Crippen LogP contribution is -2.40. The molecule has 1 fully saturated rings. The second-order valence-corrected chi connectivity index (χ2v) is 5.07. The van der Waals surface area contributed by atoms with E-state index in [1.165, 1.54) is 12.8 Å². The molecule has 21 heavy (non-hydrogen) atoms. The highest BCUT2D eigenvalue weighted by Gasteiger charge is 2.21. The number of rotatable bonds is 7. The Hall–Kier alpha value is -0.900. The lowest BCUT2D eigenvalue weighted by molar-refractivity contribution is 0.115. The normalized spacial score (nSPS) is 14.7. The SMILES string of the molecule is CN=C(NCc1noc(C)n1)N(C)CCOCC1CC1.I. The molecular formula is C13H24IN5O2. The van der Waals surface area contributed by atoms with Crippen LogP contribution >= 0.6 is 24.0 Å². The summed E-state index contributed by atoms with van der Waals surface area (Å²) in [4.78, 5) is 10.4. The van der Waals surface area contributed by atoms with Gasteiger partial charge in [0.2, 0.25) is 5.89 Å². The molecule has 2 rings (SSSR count). The number of ether oxygens (including phenoxy) is 1. The maximum absolute atomic E-state index is 5.62. The van der Waals surface area contributed by atoms with Crippen LogP contribution in [0.2, 0.25) is 0 Å². The first-order valence-electron chi connectivity index (χ1n) is 6.97. The van der Waals surface area contributed by atoms with Gasteiger partial charge in [0.15, 0.2) is 11.8 Å². The van der Waals surface area contributed by atoms with E-state index in [1.54, 1.807) is 14.0 Å². The molecular weight excluding hydrogens is 385 g/mol. The summed E-state index contributed by atoms with van der Waals surface area (Å²) < 4.78 is 10.5. The van der Waals surface area contributed by atoms with E-state index in [0.717, 1.165) is 31.6 Å². The summed E-state index contributed by atoms with van der Waals surface area (Å²) in [7, 11) is 3.74. The molecule has 0 saturated heterocycles. The van der Waals surface area contributed by atoms with Crippen LogP contribution in [0.15, 0.2) is 9.52 Å². The van der Waals surface area contributed by atoms with Gasteiger partial charge in [-0.1, -0.05) is 5.16 Å². The van der Waals surface area contributed by atoms with Gasteiger partial charge in [0.25, 0.3) is 0 Å². The fourth-order valence-corrected chi connectivity index (χ4v) is 1.80. The molecule has 0 unspecified atom stereocenters. The first-order chi connectivity index (χ1) is 9.69. The molecule has 1 aromatic rings. The summed E-state index contributed by atoms with van der Waals surface area (Å²) in [6.07, 6.45) is 2.65. The van der Waals surface area contributed by atoms with Crippen LogP contribution in [0.1, 0.15) is 24.6 Å². The van der Waals surface area contributed by atoms with Crippen molar-refractivity contribution >= 4 is 29.9 Å². The highest BCUT2D eigenvalue weighted by atomic mass is 127. The van der Waals surface area contributed by atoms with Crippen molar-refractivity contribution in [3.05, 3.63) is 11.7 Å². The molecule has 0 amide bonds. The zero-order valence-corrected chi connectivity index (χ0v) is 15.2. The monoisotopic (exact) mass is 409 g/mol. The van der Waals surface area contributed by atoms with Gasteiger partial charge in [-0.15, -0.1) is 24.0 Å². The van der Waals surface area contributed by atoms with E-state index in [2.05, 4.69) is 20.4 Å². The third-order valence-electron chi connectivity index (χ3n) is 3.17. The minimum absolute atomic E-state index is 0. The Morgan fingerprint density at radius 3 is 2.86 bits per heavy atom. The maximum Gasteiger partial charge on any atom is 0.223 e. The fourth-order valence-electron chi connectivity index (χ4n) is 1.80. The fraction of sp³-hybridized carbons (Fsp3) is 0.769. The minimum Gasteiger partial charge on any atom is -0.379 e. The van der Waals surface area contributed by atoms with E-state index in [4.69, 9.17) is 9.26 Å². The second-order valence-electron chi connectivity index (χ2n) is 5.07. The molecule has 1 aromatic heterocycles. The maximum atomic E-state index is 5.62. The van der Waals surface area contributed by atoms with Crippen molar-refractivity contribution < 1.29 is 9.26 Å². The van der Waals surface area contributed by atoms with E-state index in [0.29, 0.717) is 18.3 Å². The van der Waals surface area contributed by atoms with Crippen LogP contribution in [0, 0.1) is 12.8 Å². The number of aliphatic imine (C=N–C) groups is 1. The van der Waals surface area contributed by atoms with Crippen LogP contribution in [-0.4, -0.2) is 54.9 Å². The summed E-state index contributed by atoms with van der Waals surface area (Å²) in [6.45, 7) is 4.68. The first-order valence-corrected chi connectivity index (χ1v) is 6.97. The number of likely N-dealkylation sites (N-methyl/N-ethyl adjacent to an activating group) is 1. The number of guanidine groups is 1. The zero-order valence-electron chi connectivity index (χ0n) is 12.8. The molecule has 7 nitrogen and oxygen atoms in total. The van der Waals surface area contributed by atoms with Crippen molar-refractivity contribution in [1.29, 1.82) is 0 Å². The molecule has 1 N–H and O–H groups in total. The van der Waals surface area contributed by atoms with Crippen molar-refractivity contribution in [1.82, 2.24) is 20.4 Å². The Kier molecular flexibility index (Phi) is 7.94. The van der Waals surface area contributed by atoms with Crippen LogP contribution in [0.25, 0.3) is 0 Å². The highest BCUT2D eigenvalue weighted by Crippen LogP contribution is 2.28. The average Bonchev–Trinajstić information content (AvgIpc) is 3.17. The van der Waals surface area contributed by atoms with E-state index < -0.39 is 0 Å². The molecule has 1 heterocycles. The van der Waals surface area contributed by atoms with Crippen molar-refractivity contribution in [2.45, 2.75) is 26.3 Å². The Morgan fingerprint density at radius 2 is 2.29 bits per heavy atom. The van der Waals surface area contributed by atoms with E-state index in [-0.39, 0.29) is 24.0 Å². The third-order valence-corrected chi connectivity index (χ3v) is 3.17. The standard InChI is InChI=1S/C13H23N5O2.HI/c1-10-16-12(17-20-10)8-15-13(14-2)18(3)6-7-19-9-11-4-5-11;/h11H,4-9H2,1-3H3,(H,14,15);1H. The summed E-state index contributed by atoms with van der Waals surface area (Å²) in [6, 6.07) is 0. The van der Waals surface area contributed by atoms with E-state index in [9.17, 15) is 0 Å². The van der Waals surface area contributed by atoms with Crippen LogP contribution < -0.4 is 5.32 Å². The minimum atomic E-state index is 0. The number of aryl methyl sites for hydroxylation is 1. The quantitative estimate of drug-likeness (QED) is 0.318. The largest absolute Gasteiger partial charge is 0.379 e. The molecule has 0 bridgehead atoms. The van der Waals surface area contributed by atoms with Crippen molar-refractivity contribution in [2.75, 3.05) is 33.9 Å². The number of hydrogen-bond donors (Lipinski definition) is 1. The molecule has 120 valence electrons. The molecule has 1 aliphatic carbocycles. The second kappa shape index (κ2) is 9.19. The Morgan fingerprint density at radius 1 is 1.52 bits per heavy atom. The van der Waals surface area contributed by atoms with Gasteiger partial charge in [-0.25, -0.2) is 0 Å². The van der Waals surface area contributed by atoms with Crippen molar-refractivity contribution in [3.63, 3.8) is 0 Å². The van der Waals surface area contributed by atoms with E-state index >= 15 is 0 Å². The topological polar surface area (TPSA) is 75.8 Å². The van der Waals surface area contributed by atoms with Crippen molar-refractivity contribution in [3.8, 4) is 0 Å². The summed E-state index contributed by atoms with van der Waals surface area (Å²) >= 11 is 0. The molecule has 0 aromatic carbocycles. The van der Waals surface area contributed by atoms with Gasteiger partial charge in [0, 0.05) is 34.2 Å². The van der Waals surface area contributed by atoms with Gasteiger partial charge >= 0.3 is 0 Å². The summed E-state index contributed by atoms with van der Waals surface area (Å²) in [5.41, 5.74) is 0. The zero-order chi connectivity index (χ0) is 14.4. The lowest BCUT2D eigenvalue weighted by Gasteiger charge is -2.21. The molecule has 0 aliphatic heterocycles. The predicted octanol–water partition coefficient (Wildman–Crippen LogP) is 1.43. The molecule has 1 saturated carbocycles. The smallest absolute Gasteiger partial charge is 0.223 e. The Labute approximate surface area is 142 Å². The van der Waals surface area contributed by atoms with Gasteiger partial charge in [-0.2, -0.15) is 4.98 Å². The number of nitrogens with one attached hydrogen (secondary N) is 1. The van der Waals surface area contributed by atoms with Crippen molar-refractivity contribution in [2.24, 2.45) is 10.9 Å². The molecule has 0 atom stereocenters. The summed E-state index contributed by atoms with van der Waals surface area (Å²) in [5.74, 6) is 2.79. The molecule has 0 radical (unpaired) electrons. The van der Waals surface area contributed by atoms with E-state index in [1.807, 2.05) is 11.9 Å².